The molecule has 1 aromatic rings. The Morgan fingerprint density at radius 1 is 1.39 bits per heavy atom. The van der Waals surface area contributed by atoms with Gasteiger partial charge in [0.2, 0.25) is 5.91 Å². The van der Waals surface area contributed by atoms with Crippen molar-refractivity contribution in [1.29, 1.82) is 0 Å². The molecule has 2 rings (SSSR count). The van der Waals surface area contributed by atoms with Crippen LogP contribution >= 0.6 is 0 Å². The highest BCUT2D eigenvalue weighted by Crippen LogP contribution is 2.25. The van der Waals surface area contributed by atoms with Crippen LogP contribution in [0.4, 0.5) is 5.69 Å². The summed E-state index contributed by atoms with van der Waals surface area (Å²) in [4.78, 5) is 14.2. The van der Waals surface area contributed by atoms with Gasteiger partial charge in [0.1, 0.15) is 5.75 Å². The summed E-state index contributed by atoms with van der Waals surface area (Å²) in [5.74, 6) is 0.912. The fourth-order valence-corrected chi connectivity index (χ4v) is 2.37. The number of nitrogens with one attached hydrogen (secondary N) is 1. The Labute approximate surface area is 108 Å². The molecular formula is C14H20N2O2. The smallest absolute Gasteiger partial charge is 0.246 e. The Balaban J connectivity index is 2.14. The quantitative estimate of drug-likeness (QED) is 0.887. The Kier molecular flexibility index (Phi) is 3.57. The maximum absolute atomic E-state index is 12.5. The average molecular weight is 248 g/mol. The molecule has 4 heteroatoms. The topological polar surface area (TPSA) is 41.6 Å². The summed E-state index contributed by atoms with van der Waals surface area (Å²) in [6.07, 6.45) is 1.95. The number of hydrogen-bond acceptors (Lipinski definition) is 3. The number of carbonyl (C=O) groups is 1. The number of anilines is 1. The van der Waals surface area contributed by atoms with E-state index in [0.717, 1.165) is 30.8 Å². The van der Waals surface area contributed by atoms with Crippen molar-refractivity contribution in [2.75, 3.05) is 25.6 Å². The molecule has 1 aliphatic heterocycles. The minimum Gasteiger partial charge on any atom is -0.497 e. The molecule has 1 heterocycles. The first-order chi connectivity index (χ1) is 8.57. The van der Waals surface area contributed by atoms with Gasteiger partial charge in [-0.2, -0.15) is 0 Å². The van der Waals surface area contributed by atoms with Crippen molar-refractivity contribution in [2.45, 2.75) is 25.3 Å². The Morgan fingerprint density at radius 3 is 2.56 bits per heavy atom. The van der Waals surface area contributed by atoms with Crippen LogP contribution in [0.3, 0.4) is 0 Å². The summed E-state index contributed by atoms with van der Waals surface area (Å²) >= 11 is 0. The van der Waals surface area contributed by atoms with Crippen LogP contribution in [-0.4, -0.2) is 32.1 Å². The number of nitrogens with zero attached hydrogens (tertiary/aromatic N) is 1. The van der Waals surface area contributed by atoms with Gasteiger partial charge in [0.25, 0.3) is 0 Å². The van der Waals surface area contributed by atoms with Gasteiger partial charge < -0.3 is 15.0 Å². The SMILES string of the molecule is COc1ccc(N(C)C(=O)C2(C)CCCN2)cc1. The summed E-state index contributed by atoms with van der Waals surface area (Å²) in [6, 6.07) is 7.52. The molecule has 18 heavy (non-hydrogen) atoms. The molecule has 1 aromatic carbocycles. The molecule has 1 atom stereocenters. The number of benzene rings is 1. The number of amides is 1. The van der Waals surface area contributed by atoms with Crippen molar-refractivity contribution in [3.63, 3.8) is 0 Å². The lowest BCUT2D eigenvalue weighted by Gasteiger charge is -2.29. The second-order valence-electron chi connectivity index (χ2n) is 4.92. The predicted molar refractivity (Wildman–Crippen MR) is 72.0 cm³/mol. The van der Waals surface area contributed by atoms with E-state index in [1.54, 1.807) is 12.0 Å². The van der Waals surface area contributed by atoms with E-state index in [1.165, 1.54) is 0 Å². The molecule has 1 N–H and O–H groups in total. The maximum atomic E-state index is 12.5. The Morgan fingerprint density at radius 2 is 2.06 bits per heavy atom. The summed E-state index contributed by atoms with van der Waals surface area (Å²) < 4.78 is 5.11. The lowest BCUT2D eigenvalue weighted by molar-refractivity contribution is -0.123. The first kappa shape index (κ1) is 12.9. The molecule has 0 aliphatic carbocycles. The summed E-state index contributed by atoms with van der Waals surface area (Å²) in [5.41, 5.74) is 0.463. The number of ether oxygens (including phenoxy) is 1. The largest absolute Gasteiger partial charge is 0.497 e. The molecule has 1 unspecified atom stereocenters. The van der Waals surface area contributed by atoms with Crippen LogP contribution in [0, 0.1) is 0 Å². The van der Waals surface area contributed by atoms with E-state index < -0.39 is 5.54 Å². The van der Waals surface area contributed by atoms with Gasteiger partial charge in [-0.25, -0.2) is 0 Å². The van der Waals surface area contributed by atoms with E-state index in [1.807, 2.05) is 38.2 Å². The predicted octanol–water partition coefficient (Wildman–Crippen LogP) is 1.80. The molecule has 1 saturated heterocycles. The van der Waals surface area contributed by atoms with Crippen molar-refractivity contribution in [2.24, 2.45) is 0 Å². The second kappa shape index (κ2) is 4.98. The Hall–Kier alpha value is -1.55. The molecule has 1 aliphatic rings. The highest BCUT2D eigenvalue weighted by Gasteiger charge is 2.38. The van der Waals surface area contributed by atoms with Gasteiger partial charge >= 0.3 is 0 Å². The molecule has 98 valence electrons. The standard InChI is InChI=1S/C14H20N2O2/c1-14(9-4-10-15-14)13(17)16(2)11-5-7-12(18-3)8-6-11/h5-8,15H,4,9-10H2,1-3H3. The lowest BCUT2D eigenvalue weighted by Crippen LogP contribution is -2.51. The van der Waals surface area contributed by atoms with Gasteiger partial charge in [-0.05, 0) is 50.6 Å². The third-order valence-electron chi connectivity index (χ3n) is 3.61. The maximum Gasteiger partial charge on any atom is 0.246 e. The second-order valence-corrected chi connectivity index (χ2v) is 4.92. The van der Waals surface area contributed by atoms with Crippen LogP contribution in [0.15, 0.2) is 24.3 Å². The summed E-state index contributed by atoms with van der Waals surface area (Å²) in [6.45, 7) is 2.89. The third kappa shape index (κ3) is 2.34. The van der Waals surface area contributed by atoms with E-state index in [4.69, 9.17) is 4.74 Å². The van der Waals surface area contributed by atoms with Crippen LogP contribution < -0.4 is 15.0 Å². The zero-order valence-corrected chi connectivity index (χ0v) is 11.2. The van der Waals surface area contributed by atoms with Gasteiger partial charge in [-0.3, -0.25) is 4.79 Å². The number of likely N-dealkylation sites (N-methyl/N-ethyl adjacent to an activating group) is 1. The van der Waals surface area contributed by atoms with Crippen molar-refractivity contribution in [3.05, 3.63) is 24.3 Å². The van der Waals surface area contributed by atoms with Gasteiger partial charge in [-0.15, -0.1) is 0 Å². The van der Waals surface area contributed by atoms with E-state index in [9.17, 15) is 4.79 Å². The van der Waals surface area contributed by atoms with Crippen LogP contribution in [0.1, 0.15) is 19.8 Å². The molecule has 1 fully saturated rings. The fourth-order valence-electron chi connectivity index (χ4n) is 2.37. The van der Waals surface area contributed by atoms with Crippen molar-refractivity contribution in [1.82, 2.24) is 5.32 Å². The van der Waals surface area contributed by atoms with Crippen LogP contribution in [0.25, 0.3) is 0 Å². The van der Waals surface area contributed by atoms with Crippen LogP contribution in [-0.2, 0) is 4.79 Å². The minimum absolute atomic E-state index is 0.116. The molecule has 0 aromatic heterocycles. The highest BCUT2D eigenvalue weighted by molar-refractivity contribution is 5.99. The monoisotopic (exact) mass is 248 g/mol. The lowest BCUT2D eigenvalue weighted by atomic mass is 9.98. The summed E-state index contributed by atoms with van der Waals surface area (Å²) in [7, 11) is 3.45. The zero-order chi connectivity index (χ0) is 13.2. The zero-order valence-electron chi connectivity index (χ0n) is 11.2. The van der Waals surface area contributed by atoms with Crippen LogP contribution in [0.5, 0.6) is 5.75 Å². The van der Waals surface area contributed by atoms with E-state index >= 15 is 0 Å². The third-order valence-corrected chi connectivity index (χ3v) is 3.61. The number of rotatable bonds is 3. The molecule has 0 saturated carbocycles. The van der Waals surface area contributed by atoms with E-state index in [-0.39, 0.29) is 5.91 Å². The van der Waals surface area contributed by atoms with Crippen molar-refractivity contribution >= 4 is 11.6 Å². The van der Waals surface area contributed by atoms with Gasteiger partial charge in [0, 0.05) is 12.7 Å². The van der Waals surface area contributed by atoms with Crippen LogP contribution in [0.2, 0.25) is 0 Å². The molecule has 0 bridgehead atoms. The number of hydrogen-bond donors (Lipinski definition) is 1. The Bertz CT molecular complexity index is 422. The normalized spacial score (nSPS) is 22.8. The molecule has 4 nitrogen and oxygen atoms in total. The molecular weight excluding hydrogens is 228 g/mol. The van der Waals surface area contributed by atoms with E-state index in [2.05, 4.69) is 5.32 Å². The highest BCUT2D eigenvalue weighted by atomic mass is 16.5. The van der Waals surface area contributed by atoms with Crippen molar-refractivity contribution < 1.29 is 9.53 Å². The first-order valence-corrected chi connectivity index (χ1v) is 6.24. The minimum atomic E-state index is -0.422. The van der Waals surface area contributed by atoms with Gasteiger partial charge in [0.05, 0.1) is 12.6 Å². The molecule has 1 amide bonds. The fraction of sp³-hybridized carbons (Fsp3) is 0.500. The van der Waals surface area contributed by atoms with Crippen molar-refractivity contribution in [3.8, 4) is 5.75 Å². The molecule has 0 radical (unpaired) electrons. The number of carbonyl (C=O) groups excluding carboxylic acids is 1. The van der Waals surface area contributed by atoms with Gasteiger partial charge in [-0.1, -0.05) is 0 Å². The average Bonchev–Trinajstić information content (AvgIpc) is 2.85. The summed E-state index contributed by atoms with van der Waals surface area (Å²) in [5, 5.41) is 3.29. The molecule has 0 spiro atoms. The first-order valence-electron chi connectivity index (χ1n) is 6.24. The van der Waals surface area contributed by atoms with Gasteiger partial charge in [0.15, 0.2) is 0 Å². The number of methoxy groups -OCH3 is 1. The van der Waals surface area contributed by atoms with E-state index in [0.29, 0.717) is 0 Å².